The van der Waals surface area contributed by atoms with Crippen molar-refractivity contribution in [3.63, 3.8) is 0 Å². The summed E-state index contributed by atoms with van der Waals surface area (Å²) in [5, 5.41) is 0. The largest absolute Gasteiger partial charge is 1.00 e. The van der Waals surface area contributed by atoms with Crippen molar-refractivity contribution >= 4 is 22.1 Å². The Morgan fingerprint density at radius 2 is 0.936 bits per heavy atom. The Hall–Kier alpha value is -1.45. The molecule has 47 heavy (non-hydrogen) atoms. The van der Waals surface area contributed by atoms with Crippen LogP contribution in [-0.4, -0.2) is 38.1 Å². The molecule has 7 nitrogen and oxygen atoms in total. The number of benzene rings is 1. The minimum atomic E-state index is -4.83. The zero-order chi connectivity index (χ0) is 33.7. The molecule has 0 heterocycles. The van der Waals surface area contributed by atoms with E-state index in [-0.39, 0.29) is 53.9 Å². The fraction of sp³-hybridized carbons (Fsp3) is 0.684. The van der Waals surface area contributed by atoms with Crippen LogP contribution in [0.15, 0.2) is 47.4 Å². The van der Waals surface area contributed by atoms with Crippen LogP contribution in [0.2, 0.25) is 0 Å². The molecule has 0 atom stereocenters. The summed E-state index contributed by atoms with van der Waals surface area (Å²) in [6, 6.07) is 3.01. The van der Waals surface area contributed by atoms with E-state index in [1.54, 1.807) is 12.2 Å². The monoisotopic (exact) mass is 684 g/mol. The summed E-state index contributed by atoms with van der Waals surface area (Å²) in [4.78, 5) is 24.9. The predicted octanol–water partition coefficient (Wildman–Crippen LogP) is 7.64. The van der Waals surface area contributed by atoms with Crippen molar-refractivity contribution in [2.45, 2.75) is 160 Å². The van der Waals surface area contributed by atoms with Crippen LogP contribution in [-0.2, 0) is 19.6 Å². The fourth-order valence-corrected chi connectivity index (χ4v) is 5.80. The number of allylic oxidation sites excluding steroid dienone is 2. The van der Waals surface area contributed by atoms with Gasteiger partial charge in [-0.05, 0) is 43.9 Å². The molecule has 0 aromatic heterocycles. The van der Waals surface area contributed by atoms with Crippen molar-refractivity contribution in [1.82, 2.24) is 0 Å². The van der Waals surface area contributed by atoms with Gasteiger partial charge in [0.25, 0.3) is 0 Å². The first-order chi connectivity index (χ1) is 22.3. The summed E-state index contributed by atoms with van der Waals surface area (Å²) in [5.74, 6) is -1.68. The first-order valence-corrected chi connectivity index (χ1v) is 19.5. The van der Waals surface area contributed by atoms with Gasteiger partial charge in [-0.25, -0.2) is 18.0 Å². The molecule has 262 valence electrons. The maximum Gasteiger partial charge on any atom is 1.00 e. The molecule has 0 radical (unpaired) electrons. The van der Waals surface area contributed by atoms with Gasteiger partial charge in [-0.2, -0.15) is 0 Å². The van der Waals surface area contributed by atoms with Crippen molar-refractivity contribution in [2.24, 2.45) is 0 Å². The minimum Gasteiger partial charge on any atom is -0.744 e. The fourth-order valence-electron chi connectivity index (χ4n) is 5.30. The topological polar surface area (TPSA) is 110 Å². The molecule has 0 bridgehead atoms. The van der Waals surface area contributed by atoms with Crippen molar-refractivity contribution < 1.29 is 61.6 Å². The van der Waals surface area contributed by atoms with E-state index in [9.17, 15) is 22.6 Å². The minimum absolute atomic E-state index is 0. The summed E-state index contributed by atoms with van der Waals surface area (Å²) in [7, 11) is -4.83. The molecule has 0 aliphatic rings. The number of esters is 2. The third kappa shape index (κ3) is 24.4. The molecule has 0 N–H and O–H groups in total. The van der Waals surface area contributed by atoms with E-state index in [1.807, 2.05) is 12.2 Å². The van der Waals surface area contributed by atoms with Crippen molar-refractivity contribution in [2.75, 3.05) is 13.2 Å². The third-order valence-corrected chi connectivity index (χ3v) is 8.95. The van der Waals surface area contributed by atoms with E-state index in [0.717, 1.165) is 50.3 Å². The standard InChI is InChI=1S/C38H62O7S.Na/c1-3-5-7-9-11-13-15-17-19-21-23-25-27-31-44-37(39)35-30-29-34(46(41,42)43)33-36(35)38(40)45-32-28-26-24-22-20-18-16-14-12-10-8-6-4-2;/h25-30,33H,3-24,31-32H2,1-2H3,(H,41,42,43);/q;+1/p-1/b27-25+,28-26+;. The maximum absolute atomic E-state index is 12.8. The summed E-state index contributed by atoms with van der Waals surface area (Å²) >= 11 is 0. The summed E-state index contributed by atoms with van der Waals surface area (Å²) in [5.41, 5.74) is -0.450. The van der Waals surface area contributed by atoms with Gasteiger partial charge in [-0.1, -0.05) is 154 Å². The molecule has 1 rings (SSSR count). The Labute approximate surface area is 308 Å². The molecular formula is C38H61NaO7S. The van der Waals surface area contributed by atoms with E-state index in [4.69, 9.17) is 9.47 Å². The van der Waals surface area contributed by atoms with Crippen LogP contribution in [0.25, 0.3) is 0 Å². The summed E-state index contributed by atoms with van der Waals surface area (Å²) in [6.07, 6.45) is 34.6. The van der Waals surface area contributed by atoms with Crippen LogP contribution >= 0.6 is 0 Å². The van der Waals surface area contributed by atoms with Gasteiger partial charge in [0, 0.05) is 0 Å². The second-order valence-corrected chi connectivity index (χ2v) is 13.6. The van der Waals surface area contributed by atoms with Gasteiger partial charge in [-0.3, -0.25) is 0 Å². The first kappa shape index (κ1) is 45.6. The second kappa shape index (κ2) is 30.6. The summed E-state index contributed by atoms with van der Waals surface area (Å²) < 4.78 is 45.2. The van der Waals surface area contributed by atoms with Gasteiger partial charge in [0.05, 0.1) is 16.0 Å². The van der Waals surface area contributed by atoms with E-state index in [1.165, 1.54) is 109 Å². The Bertz CT molecular complexity index is 1120. The molecule has 1 aromatic rings. The predicted molar refractivity (Wildman–Crippen MR) is 186 cm³/mol. The van der Waals surface area contributed by atoms with Gasteiger partial charge >= 0.3 is 41.5 Å². The molecule has 0 saturated carbocycles. The zero-order valence-corrected chi connectivity index (χ0v) is 32.6. The number of rotatable bonds is 29. The smallest absolute Gasteiger partial charge is 0.744 e. The van der Waals surface area contributed by atoms with Gasteiger partial charge in [-0.15, -0.1) is 0 Å². The molecule has 9 heteroatoms. The molecule has 0 saturated heterocycles. The SMILES string of the molecule is CCCCCCCCCCCC/C=C/COC(=O)c1ccc(S(=O)(=O)[O-])cc1C(=O)OC/C=C/CCCCCCCCCCCC.[Na+]. The Kier molecular flexibility index (Phi) is 29.7. The van der Waals surface area contributed by atoms with Gasteiger partial charge in [0.2, 0.25) is 0 Å². The van der Waals surface area contributed by atoms with Crippen LogP contribution in [0.5, 0.6) is 0 Å². The van der Waals surface area contributed by atoms with Crippen LogP contribution < -0.4 is 29.6 Å². The molecular weight excluding hydrogens is 623 g/mol. The molecule has 1 aromatic carbocycles. The number of ether oxygens (including phenoxy) is 2. The second-order valence-electron chi connectivity index (χ2n) is 12.2. The molecule has 0 aliphatic carbocycles. The van der Waals surface area contributed by atoms with Crippen LogP contribution in [0, 0.1) is 0 Å². The number of carbonyl (C=O) groups is 2. The van der Waals surface area contributed by atoms with E-state index in [0.29, 0.717) is 0 Å². The summed E-state index contributed by atoms with van der Waals surface area (Å²) in [6.45, 7) is 4.46. The quantitative estimate of drug-likeness (QED) is 0.0280. The van der Waals surface area contributed by atoms with E-state index >= 15 is 0 Å². The Morgan fingerprint density at radius 3 is 1.32 bits per heavy atom. The van der Waals surface area contributed by atoms with E-state index < -0.39 is 27.0 Å². The van der Waals surface area contributed by atoms with Crippen molar-refractivity contribution in [3.05, 3.63) is 53.6 Å². The Balaban J connectivity index is 0.0000212. The van der Waals surface area contributed by atoms with Gasteiger partial charge in [0.1, 0.15) is 23.3 Å². The average Bonchev–Trinajstić information content (AvgIpc) is 3.04. The molecule has 0 aliphatic heterocycles. The first-order valence-electron chi connectivity index (χ1n) is 18.0. The average molecular weight is 685 g/mol. The van der Waals surface area contributed by atoms with Crippen LogP contribution in [0.1, 0.15) is 176 Å². The van der Waals surface area contributed by atoms with E-state index in [2.05, 4.69) is 13.8 Å². The normalized spacial score (nSPS) is 11.6. The number of hydrogen-bond donors (Lipinski definition) is 0. The van der Waals surface area contributed by atoms with Crippen LogP contribution in [0.4, 0.5) is 0 Å². The van der Waals surface area contributed by atoms with Gasteiger partial charge < -0.3 is 14.0 Å². The maximum atomic E-state index is 12.8. The van der Waals surface area contributed by atoms with Crippen molar-refractivity contribution in [1.29, 1.82) is 0 Å². The molecule has 0 fully saturated rings. The van der Waals surface area contributed by atoms with Gasteiger partial charge in [0.15, 0.2) is 0 Å². The number of carbonyl (C=O) groups excluding carboxylic acids is 2. The number of hydrogen-bond acceptors (Lipinski definition) is 7. The molecule has 0 amide bonds. The zero-order valence-electron chi connectivity index (χ0n) is 29.8. The third-order valence-electron chi connectivity index (χ3n) is 8.12. The molecule has 0 unspecified atom stereocenters. The van der Waals surface area contributed by atoms with Crippen LogP contribution in [0.3, 0.4) is 0 Å². The van der Waals surface area contributed by atoms with Crippen molar-refractivity contribution in [3.8, 4) is 0 Å². The Morgan fingerprint density at radius 1 is 0.574 bits per heavy atom. The number of unbranched alkanes of at least 4 members (excludes halogenated alkanes) is 20. The molecule has 0 spiro atoms.